The minimum Gasteiger partial charge on any atom is -0.494 e. The van der Waals surface area contributed by atoms with Gasteiger partial charge in [-0.3, -0.25) is 0 Å². The van der Waals surface area contributed by atoms with Crippen LogP contribution in [0.15, 0.2) is 54.6 Å². The molecule has 0 spiro atoms. The first-order chi connectivity index (χ1) is 8.88. The van der Waals surface area contributed by atoms with Crippen LogP contribution in [0.3, 0.4) is 0 Å². The number of anilines is 2. The van der Waals surface area contributed by atoms with Crippen LogP contribution in [0.25, 0.3) is 0 Å². The fraction of sp³-hybridized carbons (Fsp3) is 0.200. The van der Waals surface area contributed by atoms with E-state index in [0.717, 1.165) is 23.5 Å². The number of hydrogen-bond acceptors (Lipinski definition) is 3. The van der Waals surface area contributed by atoms with E-state index in [-0.39, 0.29) is 0 Å². The molecule has 0 saturated heterocycles. The van der Waals surface area contributed by atoms with Crippen molar-refractivity contribution in [1.29, 1.82) is 0 Å². The van der Waals surface area contributed by atoms with Crippen LogP contribution in [-0.4, -0.2) is 13.2 Å². The lowest BCUT2D eigenvalue weighted by molar-refractivity contribution is 0.313. The van der Waals surface area contributed by atoms with E-state index in [1.54, 1.807) is 0 Å². The molecule has 2 aromatic carbocycles. The molecule has 0 bridgehead atoms. The van der Waals surface area contributed by atoms with Crippen molar-refractivity contribution in [2.75, 3.05) is 18.5 Å². The highest BCUT2D eigenvalue weighted by molar-refractivity contribution is 5.59. The van der Waals surface area contributed by atoms with Crippen molar-refractivity contribution >= 4 is 11.4 Å². The van der Waals surface area contributed by atoms with Crippen LogP contribution in [0.2, 0.25) is 0 Å². The molecule has 0 saturated carbocycles. The smallest absolute Gasteiger partial charge is 0.119 e. The van der Waals surface area contributed by atoms with Gasteiger partial charge in [0.2, 0.25) is 0 Å². The largest absolute Gasteiger partial charge is 0.494 e. The SMILES string of the molecule is NCCCOc1ccc(Nc2ccccc2)cc1. The van der Waals surface area contributed by atoms with Gasteiger partial charge in [-0.1, -0.05) is 18.2 Å². The molecule has 0 fully saturated rings. The van der Waals surface area contributed by atoms with Gasteiger partial charge in [0.15, 0.2) is 0 Å². The number of hydrogen-bond donors (Lipinski definition) is 2. The maximum atomic E-state index is 5.54. The second kappa shape index (κ2) is 6.67. The van der Waals surface area contributed by atoms with E-state index in [0.29, 0.717) is 13.2 Å². The molecular weight excluding hydrogens is 224 g/mol. The van der Waals surface area contributed by atoms with E-state index in [4.69, 9.17) is 10.5 Å². The lowest BCUT2D eigenvalue weighted by Crippen LogP contribution is -2.05. The zero-order valence-corrected chi connectivity index (χ0v) is 10.3. The summed E-state index contributed by atoms with van der Waals surface area (Å²) >= 11 is 0. The van der Waals surface area contributed by atoms with Gasteiger partial charge in [-0.15, -0.1) is 0 Å². The molecule has 0 heterocycles. The van der Waals surface area contributed by atoms with Gasteiger partial charge < -0.3 is 15.8 Å². The Morgan fingerprint density at radius 1 is 0.889 bits per heavy atom. The zero-order chi connectivity index (χ0) is 12.6. The highest BCUT2D eigenvalue weighted by Gasteiger charge is 1.96. The molecular formula is C15H18N2O. The Balaban J connectivity index is 1.91. The lowest BCUT2D eigenvalue weighted by atomic mass is 10.2. The molecule has 3 N–H and O–H groups in total. The van der Waals surface area contributed by atoms with Gasteiger partial charge in [-0.05, 0) is 49.4 Å². The first-order valence-electron chi connectivity index (χ1n) is 6.13. The second-order valence-electron chi connectivity index (χ2n) is 4.01. The van der Waals surface area contributed by atoms with Gasteiger partial charge in [0.25, 0.3) is 0 Å². The Morgan fingerprint density at radius 3 is 2.22 bits per heavy atom. The van der Waals surface area contributed by atoms with Crippen molar-refractivity contribution in [2.24, 2.45) is 5.73 Å². The third-order valence-electron chi connectivity index (χ3n) is 2.53. The average molecular weight is 242 g/mol. The average Bonchev–Trinajstić information content (AvgIpc) is 2.42. The van der Waals surface area contributed by atoms with Gasteiger partial charge in [0.1, 0.15) is 5.75 Å². The van der Waals surface area contributed by atoms with Crippen molar-refractivity contribution in [3.8, 4) is 5.75 Å². The van der Waals surface area contributed by atoms with Gasteiger partial charge in [-0.25, -0.2) is 0 Å². The molecule has 0 amide bonds. The summed E-state index contributed by atoms with van der Waals surface area (Å²) in [5.41, 5.74) is 7.54. The lowest BCUT2D eigenvalue weighted by Gasteiger charge is -2.08. The van der Waals surface area contributed by atoms with Crippen molar-refractivity contribution in [3.05, 3.63) is 54.6 Å². The summed E-state index contributed by atoms with van der Waals surface area (Å²) in [6.07, 6.45) is 0.879. The van der Waals surface area contributed by atoms with Crippen LogP contribution in [0, 0.1) is 0 Å². The normalized spacial score (nSPS) is 10.1. The molecule has 0 aliphatic heterocycles. The molecule has 18 heavy (non-hydrogen) atoms. The van der Waals surface area contributed by atoms with Crippen LogP contribution in [0.5, 0.6) is 5.75 Å². The molecule has 0 aliphatic carbocycles. The van der Waals surface area contributed by atoms with Crippen molar-refractivity contribution < 1.29 is 4.74 Å². The molecule has 94 valence electrons. The Kier molecular flexibility index (Phi) is 4.61. The maximum Gasteiger partial charge on any atom is 0.119 e. The van der Waals surface area contributed by atoms with Gasteiger partial charge in [-0.2, -0.15) is 0 Å². The maximum absolute atomic E-state index is 5.54. The molecule has 0 aromatic heterocycles. The predicted molar refractivity (Wildman–Crippen MR) is 75.3 cm³/mol. The number of nitrogens with two attached hydrogens (primary N) is 1. The molecule has 3 nitrogen and oxygen atoms in total. The topological polar surface area (TPSA) is 47.3 Å². The number of nitrogens with one attached hydrogen (secondary N) is 1. The summed E-state index contributed by atoms with van der Waals surface area (Å²) < 4.78 is 5.54. The zero-order valence-electron chi connectivity index (χ0n) is 10.3. The van der Waals surface area contributed by atoms with Crippen LogP contribution in [0.4, 0.5) is 11.4 Å². The Hall–Kier alpha value is -2.00. The van der Waals surface area contributed by atoms with E-state index in [1.165, 1.54) is 0 Å². The van der Waals surface area contributed by atoms with Crippen molar-refractivity contribution in [1.82, 2.24) is 0 Å². The Labute approximate surface area is 108 Å². The van der Waals surface area contributed by atoms with Gasteiger partial charge >= 0.3 is 0 Å². The molecule has 2 aromatic rings. The summed E-state index contributed by atoms with van der Waals surface area (Å²) in [5, 5.41) is 3.32. The third-order valence-corrected chi connectivity index (χ3v) is 2.53. The van der Waals surface area contributed by atoms with Gasteiger partial charge in [0, 0.05) is 11.4 Å². The summed E-state index contributed by atoms with van der Waals surface area (Å²) in [5.74, 6) is 0.877. The first-order valence-corrected chi connectivity index (χ1v) is 6.13. The van der Waals surface area contributed by atoms with E-state index in [2.05, 4.69) is 5.32 Å². The fourth-order valence-corrected chi connectivity index (χ4v) is 1.60. The molecule has 3 heteroatoms. The highest BCUT2D eigenvalue weighted by Crippen LogP contribution is 2.19. The first kappa shape index (κ1) is 12.5. The predicted octanol–water partition coefficient (Wildman–Crippen LogP) is 3.16. The molecule has 0 radical (unpaired) electrons. The molecule has 0 aliphatic rings. The Bertz CT molecular complexity index is 454. The van der Waals surface area contributed by atoms with E-state index in [1.807, 2.05) is 54.6 Å². The van der Waals surface area contributed by atoms with Crippen LogP contribution < -0.4 is 15.8 Å². The monoisotopic (exact) mass is 242 g/mol. The Morgan fingerprint density at radius 2 is 1.56 bits per heavy atom. The summed E-state index contributed by atoms with van der Waals surface area (Å²) in [4.78, 5) is 0. The highest BCUT2D eigenvalue weighted by atomic mass is 16.5. The number of ether oxygens (including phenoxy) is 1. The second-order valence-corrected chi connectivity index (χ2v) is 4.01. The third kappa shape index (κ3) is 3.79. The summed E-state index contributed by atoms with van der Waals surface area (Å²) in [6, 6.07) is 18.0. The molecule has 2 rings (SSSR count). The van der Waals surface area contributed by atoms with E-state index >= 15 is 0 Å². The van der Waals surface area contributed by atoms with Crippen LogP contribution in [-0.2, 0) is 0 Å². The quantitative estimate of drug-likeness (QED) is 0.765. The van der Waals surface area contributed by atoms with E-state index in [9.17, 15) is 0 Å². The minimum absolute atomic E-state index is 0.660. The summed E-state index contributed by atoms with van der Waals surface area (Å²) in [7, 11) is 0. The van der Waals surface area contributed by atoms with Crippen molar-refractivity contribution in [3.63, 3.8) is 0 Å². The number of rotatable bonds is 6. The van der Waals surface area contributed by atoms with Gasteiger partial charge in [0.05, 0.1) is 6.61 Å². The number of benzene rings is 2. The summed E-state index contributed by atoms with van der Waals surface area (Å²) in [6.45, 7) is 1.33. The minimum atomic E-state index is 0.660. The fourth-order valence-electron chi connectivity index (χ4n) is 1.60. The van der Waals surface area contributed by atoms with Crippen LogP contribution in [0.1, 0.15) is 6.42 Å². The molecule has 0 unspecified atom stereocenters. The molecule has 0 atom stereocenters. The standard InChI is InChI=1S/C15H18N2O/c16-11-4-12-18-15-9-7-14(8-10-15)17-13-5-2-1-3-6-13/h1-3,5-10,17H,4,11-12,16H2. The van der Waals surface area contributed by atoms with Crippen molar-refractivity contribution in [2.45, 2.75) is 6.42 Å². The van der Waals surface area contributed by atoms with Crippen LogP contribution >= 0.6 is 0 Å². The van der Waals surface area contributed by atoms with E-state index < -0.39 is 0 Å². The number of para-hydroxylation sites is 1.